The molecule has 108 valence electrons. The van der Waals surface area contributed by atoms with Crippen molar-refractivity contribution in [3.05, 3.63) is 33.8 Å². The summed E-state index contributed by atoms with van der Waals surface area (Å²) in [5, 5.41) is 3.23. The highest BCUT2D eigenvalue weighted by molar-refractivity contribution is 9.10. The number of fused-ring (bicyclic) bond motifs is 1. The number of likely N-dealkylation sites (tertiary alicyclic amines) is 1. The van der Waals surface area contributed by atoms with Gasteiger partial charge >= 0.3 is 0 Å². The molecule has 1 aromatic carbocycles. The molecule has 0 spiro atoms. The van der Waals surface area contributed by atoms with Gasteiger partial charge in [-0.1, -0.05) is 15.9 Å². The first-order chi connectivity index (χ1) is 9.49. The molecule has 6 heteroatoms. The fourth-order valence-corrected chi connectivity index (χ4v) is 3.79. The molecule has 2 heterocycles. The maximum atomic E-state index is 14.0. The number of hydrogen-bond acceptors (Lipinski definition) is 2. The van der Waals surface area contributed by atoms with Crippen LogP contribution in [0.5, 0.6) is 0 Å². The van der Waals surface area contributed by atoms with Crippen LogP contribution in [-0.4, -0.2) is 36.0 Å². The molecule has 1 N–H and O–H groups in total. The summed E-state index contributed by atoms with van der Waals surface area (Å²) in [5.74, 6) is -1.79. The molecule has 0 radical (unpaired) electrons. The van der Waals surface area contributed by atoms with E-state index in [0.29, 0.717) is 16.9 Å². The van der Waals surface area contributed by atoms with Crippen LogP contribution in [-0.2, 0) is 0 Å². The largest absolute Gasteiger partial charge is 0.331 e. The summed E-state index contributed by atoms with van der Waals surface area (Å²) >= 11 is 3.02. The molecule has 0 aliphatic carbocycles. The van der Waals surface area contributed by atoms with Gasteiger partial charge in [-0.2, -0.15) is 0 Å². The Balaban J connectivity index is 1.97. The number of nitrogens with zero attached hydrogens (tertiary/aromatic N) is 1. The third kappa shape index (κ3) is 2.15. The predicted octanol–water partition coefficient (Wildman–Crippen LogP) is 2.55. The number of halogens is 3. The van der Waals surface area contributed by atoms with Gasteiger partial charge in [-0.15, -0.1) is 0 Å². The van der Waals surface area contributed by atoms with Crippen LogP contribution < -0.4 is 5.32 Å². The van der Waals surface area contributed by atoms with Gasteiger partial charge in [0.15, 0.2) is 0 Å². The number of benzene rings is 1. The molecule has 2 aliphatic rings. The second-order valence-corrected chi connectivity index (χ2v) is 6.44. The third-order valence-electron chi connectivity index (χ3n) is 4.24. The second kappa shape index (κ2) is 5.07. The van der Waals surface area contributed by atoms with E-state index < -0.39 is 23.1 Å². The number of carbonyl (C=O) groups excluding carboxylic acids is 1. The molecule has 0 bridgehead atoms. The van der Waals surface area contributed by atoms with E-state index in [1.54, 1.807) is 4.90 Å². The number of hydrogen-bond donors (Lipinski definition) is 1. The molecule has 0 saturated carbocycles. The zero-order valence-corrected chi connectivity index (χ0v) is 12.6. The third-order valence-corrected chi connectivity index (χ3v) is 4.69. The van der Waals surface area contributed by atoms with E-state index in [1.807, 2.05) is 6.92 Å². The van der Waals surface area contributed by atoms with Crippen LogP contribution >= 0.6 is 15.9 Å². The van der Waals surface area contributed by atoms with Gasteiger partial charge in [0.25, 0.3) is 5.91 Å². The fraction of sp³-hybridized carbons (Fsp3) is 0.500. The van der Waals surface area contributed by atoms with Gasteiger partial charge in [-0.25, -0.2) is 8.78 Å². The van der Waals surface area contributed by atoms with E-state index in [-0.39, 0.29) is 12.1 Å². The van der Waals surface area contributed by atoms with E-state index in [2.05, 4.69) is 21.2 Å². The summed E-state index contributed by atoms with van der Waals surface area (Å²) in [6, 6.07) is 2.31. The minimum atomic E-state index is -0.816. The lowest BCUT2D eigenvalue weighted by Crippen LogP contribution is -2.43. The number of rotatable bonds is 1. The summed E-state index contributed by atoms with van der Waals surface area (Å²) in [6.07, 6.45) is 0.878. The monoisotopic (exact) mass is 344 g/mol. The highest BCUT2D eigenvalue weighted by Crippen LogP contribution is 2.34. The quantitative estimate of drug-likeness (QED) is 0.849. The highest BCUT2D eigenvalue weighted by atomic mass is 79.9. The van der Waals surface area contributed by atoms with Crippen molar-refractivity contribution in [3.8, 4) is 0 Å². The first-order valence-electron chi connectivity index (χ1n) is 6.67. The maximum Gasteiger partial charge on any atom is 0.260 e. The molecule has 3 unspecified atom stereocenters. The molecule has 2 saturated heterocycles. The molecule has 1 aromatic rings. The molecule has 3 rings (SSSR count). The summed E-state index contributed by atoms with van der Waals surface area (Å²) < 4.78 is 28.2. The Hall–Kier alpha value is -1.01. The van der Waals surface area contributed by atoms with Gasteiger partial charge < -0.3 is 10.2 Å². The van der Waals surface area contributed by atoms with Crippen molar-refractivity contribution >= 4 is 21.8 Å². The van der Waals surface area contributed by atoms with E-state index in [1.165, 1.54) is 0 Å². The van der Waals surface area contributed by atoms with E-state index >= 15 is 0 Å². The van der Waals surface area contributed by atoms with Crippen molar-refractivity contribution < 1.29 is 13.6 Å². The summed E-state index contributed by atoms with van der Waals surface area (Å²) in [4.78, 5) is 14.2. The lowest BCUT2D eigenvalue weighted by atomic mass is 10.0. The molecule has 2 aliphatic heterocycles. The number of nitrogens with one attached hydrogen (secondary N) is 1. The Morgan fingerprint density at radius 2 is 2.00 bits per heavy atom. The minimum Gasteiger partial charge on any atom is -0.331 e. The van der Waals surface area contributed by atoms with Crippen LogP contribution in [0.25, 0.3) is 0 Å². The summed E-state index contributed by atoms with van der Waals surface area (Å²) in [6.45, 7) is 3.50. The topological polar surface area (TPSA) is 32.3 Å². The molecule has 2 fully saturated rings. The molecular weight excluding hydrogens is 330 g/mol. The Kier molecular flexibility index (Phi) is 3.54. The van der Waals surface area contributed by atoms with Gasteiger partial charge in [0, 0.05) is 29.6 Å². The zero-order valence-electron chi connectivity index (χ0n) is 11.0. The Labute approximate surface area is 124 Å². The van der Waals surface area contributed by atoms with Crippen molar-refractivity contribution in [1.29, 1.82) is 0 Å². The molecule has 1 amide bonds. The van der Waals surface area contributed by atoms with Crippen molar-refractivity contribution in [2.24, 2.45) is 5.92 Å². The van der Waals surface area contributed by atoms with Crippen LogP contribution in [0.15, 0.2) is 16.6 Å². The minimum absolute atomic E-state index is 0.0158. The predicted molar refractivity (Wildman–Crippen MR) is 74.5 cm³/mol. The standard InChI is InChI=1S/C14H15BrF2N2O/c1-7-2-8-5-18-6-12(8)19(7)14(20)13-10(16)3-9(15)4-11(13)17/h3-4,7-8,12,18H,2,5-6H2,1H3. The van der Waals surface area contributed by atoms with Gasteiger partial charge in [0.2, 0.25) is 0 Å². The average Bonchev–Trinajstić information content (AvgIpc) is 2.86. The van der Waals surface area contributed by atoms with Gasteiger partial charge in [0.1, 0.15) is 17.2 Å². The zero-order chi connectivity index (χ0) is 14.4. The molecule has 3 atom stereocenters. The van der Waals surface area contributed by atoms with E-state index in [4.69, 9.17) is 0 Å². The maximum absolute atomic E-state index is 14.0. The average molecular weight is 345 g/mol. The molecular formula is C14H15BrF2N2O. The number of carbonyl (C=O) groups is 1. The smallest absolute Gasteiger partial charge is 0.260 e. The Morgan fingerprint density at radius 1 is 1.35 bits per heavy atom. The van der Waals surface area contributed by atoms with Crippen molar-refractivity contribution in [1.82, 2.24) is 10.2 Å². The van der Waals surface area contributed by atoms with Crippen molar-refractivity contribution in [3.63, 3.8) is 0 Å². The lowest BCUT2D eigenvalue weighted by molar-refractivity contribution is 0.0672. The lowest BCUT2D eigenvalue weighted by Gasteiger charge is -2.28. The van der Waals surface area contributed by atoms with Gasteiger partial charge in [0.05, 0.1) is 0 Å². The Bertz CT molecular complexity index is 543. The summed E-state index contributed by atoms with van der Waals surface area (Å²) in [5.41, 5.74) is -0.451. The Morgan fingerprint density at radius 3 is 2.65 bits per heavy atom. The van der Waals surface area contributed by atoms with Crippen LogP contribution in [0, 0.1) is 17.6 Å². The van der Waals surface area contributed by atoms with Crippen LogP contribution in [0.3, 0.4) is 0 Å². The van der Waals surface area contributed by atoms with Crippen LogP contribution in [0.1, 0.15) is 23.7 Å². The molecule has 3 nitrogen and oxygen atoms in total. The second-order valence-electron chi connectivity index (χ2n) is 5.53. The molecule has 20 heavy (non-hydrogen) atoms. The first-order valence-corrected chi connectivity index (χ1v) is 7.46. The normalized spacial score (nSPS) is 28.8. The molecule has 0 aromatic heterocycles. The van der Waals surface area contributed by atoms with E-state index in [9.17, 15) is 13.6 Å². The van der Waals surface area contributed by atoms with Crippen LogP contribution in [0.4, 0.5) is 8.78 Å². The van der Waals surface area contributed by atoms with Gasteiger partial charge in [-0.05, 0) is 31.4 Å². The van der Waals surface area contributed by atoms with Gasteiger partial charge in [-0.3, -0.25) is 4.79 Å². The summed E-state index contributed by atoms with van der Waals surface area (Å²) in [7, 11) is 0. The van der Waals surface area contributed by atoms with Crippen LogP contribution in [0.2, 0.25) is 0 Å². The number of amides is 1. The highest BCUT2D eigenvalue weighted by Gasteiger charge is 2.45. The SMILES string of the molecule is CC1CC2CNCC2N1C(=O)c1c(F)cc(Br)cc1F. The first kappa shape index (κ1) is 13.9. The fourth-order valence-electron chi connectivity index (χ4n) is 3.39. The van der Waals surface area contributed by atoms with Crippen molar-refractivity contribution in [2.75, 3.05) is 13.1 Å². The van der Waals surface area contributed by atoms with E-state index in [0.717, 1.165) is 25.1 Å². The van der Waals surface area contributed by atoms with Crippen molar-refractivity contribution in [2.45, 2.75) is 25.4 Å².